The molecule has 3 aromatic rings. The fourth-order valence-corrected chi connectivity index (χ4v) is 3.69. The second-order valence-corrected chi connectivity index (χ2v) is 6.79. The maximum atomic E-state index is 6.03. The Morgan fingerprint density at radius 1 is 1.12 bits per heavy atom. The summed E-state index contributed by atoms with van der Waals surface area (Å²) in [4.78, 5) is 6.82. The summed E-state index contributed by atoms with van der Waals surface area (Å²) in [5.74, 6) is 0. The number of aromatic nitrogens is 3. The van der Waals surface area contributed by atoms with Crippen LogP contribution in [0.3, 0.4) is 0 Å². The predicted molar refractivity (Wildman–Crippen MR) is 98.4 cm³/mol. The van der Waals surface area contributed by atoms with Crippen LogP contribution in [0.25, 0.3) is 22.2 Å². The molecule has 1 aromatic carbocycles. The minimum atomic E-state index is 0.457. The van der Waals surface area contributed by atoms with Crippen molar-refractivity contribution in [2.75, 3.05) is 19.6 Å². The Morgan fingerprint density at radius 2 is 1.88 bits per heavy atom. The number of nitrogens with zero attached hydrogens (tertiary/aromatic N) is 4. The third-order valence-corrected chi connectivity index (χ3v) is 5.23. The van der Waals surface area contributed by atoms with Crippen LogP contribution in [0.4, 0.5) is 0 Å². The highest BCUT2D eigenvalue weighted by Crippen LogP contribution is 2.32. The molecule has 0 spiro atoms. The molecular formula is C19H21ClN4. The molecule has 4 nitrogen and oxygen atoms in total. The summed E-state index contributed by atoms with van der Waals surface area (Å²) in [5.41, 5.74) is 3.25. The van der Waals surface area contributed by atoms with Crippen molar-refractivity contribution in [2.45, 2.75) is 25.8 Å². The summed E-state index contributed by atoms with van der Waals surface area (Å²) < 4.78 is 2.22. The van der Waals surface area contributed by atoms with Gasteiger partial charge in [0.25, 0.3) is 0 Å². The molecule has 24 heavy (non-hydrogen) atoms. The summed E-state index contributed by atoms with van der Waals surface area (Å²) in [6, 6.07) is 10.4. The van der Waals surface area contributed by atoms with Crippen molar-refractivity contribution in [2.24, 2.45) is 0 Å². The standard InChI is InChI=1S/C19H21ClN4/c1-2-23-11-8-16(9-12-23)24-18-7-10-21-13-17(18)19(22-24)14-3-5-15(20)6-4-14/h3-7,10,13,16H,2,8-9,11-12H2,1H3. The number of benzene rings is 1. The van der Waals surface area contributed by atoms with E-state index in [-0.39, 0.29) is 0 Å². The van der Waals surface area contributed by atoms with Gasteiger partial charge in [0.05, 0.1) is 11.6 Å². The molecule has 0 radical (unpaired) electrons. The molecule has 0 atom stereocenters. The quantitative estimate of drug-likeness (QED) is 0.708. The Labute approximate surface area is 147 Å². The largest absolute Gasteiger partial charge is 0.303 e. The topological polar surface area (TPSA) is 34.0 Å². The third-order valence-electron chi connectivity index (χ3n) is 4.98. The molecule has 0 bridgehead atoms. The van der Waals surface area contributed by atoms with Gasteiger partial charge in [-0.1, -0.05) is 30.7 Å². The lowest BCUT2D eigenvalue weighted by Crippen LogP contribution is -2.34. The summed E-state index contributed by atoms with van der Waals surface area (Å²) in [7, 11) is 0. The van der Waals surface area contributed by atoms with E-state index in [1.165, 1.54) is 5.52 Å². The van der Waals surface area contributed by atoms with Crippen LogP contribution in [-0.2, 0) is 0 Å². The first-order valence-corrected chi connectivity index (χ1v) is 8.94. The fraction of sp³-hybridized carbons (Fsp3) is 0.368. The average Bonchev–Trinajstić information content (AvgIpc) is 3.02. The zero-order chi connectivity index (χ0) is 16.5. The molecule has 0 aliphatic carbocycles. The van der Waals surface area contributed by atoms with Crippen LogP contribution in [0.2, 0.25) is 5.02 Å². The monoisotopic (exact) mass is 340 g/mol. The predicted octanol–water partition coefficient (Wildman–Crippen LogP) is 4.41. The van der Waals surface area contributed by atoms with E-state index in [2.05, 4.69) is 27.6 Å². The van der Waals surface area contributed by atoms with E-state index in [0.717, 1.165) is 54.1 Å². The fourth-order valence-electron chi connectivity index (χ4n) is 3.56. The van der Waals surface area contributed by atoms with Crippen molar-refractivity contribution in [1.82, 2.24) is 19.7 Å². The SMILES string of the molecule is CCN1CCC(n2nc(-c3ccc(Cl)cc3)c3cnccc32)CC1. The molecule has 1 saturated heterocycles. The molecule has 1 aliphatic rings. The van der Waals surface area contributed by atoms with Crippen molar-refractivity contribution >= 4 is 22.5 Å². The number of piperidine rings is 1. The molecule has 0 N–H and O–H groups in total. The van der Waals surface area contributed by atoms with E-state index >= 15 is 0 Å². The van der Waals surface area contributed by atoms with Crippen LogP contribution in [0.1, 0.15) is 25.8 Å². The van der Waals surface area contributed by atoms with Gasteiger partial charge >= 0.3 is 0 Å². The first-order chi connectivity index (χ1) is 11.8. The Balaban J connectivity index is 1.76. The van der Waals surface area contributed by atoms with Crippen LogP contribution in [0.5, 0.6) is 0 Å². The van der Waals surface area contributed by atoms with Gasteiger partial charge in [0, 0.05) is 41.5 Å². The number of hydrogen-bond acceptors (Lipinski definition) is 3. The van der Waals surface area contributed by atoms with E-state index in [4.69, 9.17) is 16.7 Å². The molecule has 1 fully saturated rings. The van der Waals surface area contributed by atoms with Crippen LogP contribution in [0, 0.1) is 0 Å². The lowest BCUT2D eigenvalue weighted by Gasteiger charge is -2.31. The molecule has 0 unspecified atom stereocenters. The highest BCUT2D eigenvalue weighted by molar-refractivity contribution is 6.30. The van der Waals surface area contributed by atoms with Crippen LogP contribution < -0.4 is 0 Å². The number of pyridine rings is 1. The first kappa shape index (κ1) is 15.6. The molecule has 0 saturated carbocycles. The van der Waals surface area contributed by atoms with Crippen molar-refractivity contribution in [1.29, 1.82) is 0 Å². The Hall–Kier alpha value is -1.91. The van der Waals surface area contributed by atoms with Gasteiger partial charge in [0.2, 0.25) is 0 Å². The summed E-state index contributed by atoms with van der Waals surface area (Å²) in [5, 5.41) is 6.83. The minimum Gasteiger partial charge on any atom is -0.303 e. The van der Waals surface area contributed by atoms with Crippen molar-refractivity contribution < 1.29 is 0 Å². The zero-order valence-electron chi connectivity index (χ0n) is 13.8. The Morgan fingerprint density at radius 3 is 2.58 bits per heavy atom. The molecule has 3 heterocycles. The molecule has 5 heteroatoms. The molecular weight excluding hydrogens is 320 g/mol. The Kier molecular flexibility index (Phi) is 4.25. The lowest BCUT2D eigenvalue weighted by molar-refractivity contribution is 0.190. The van der Waals surface area contributed by atoms with E-state index in [1.807, 2.05) is 36.7 Å². The van der Waals surface area contributed by atoms with Gasteiger partial charge in [-0.15, -0.1) is 0 Å². The van der Waals surface area contributed by atoms with Gasteiger partial charge in [0.1, 0.15) is 5.69 Å². The van der Waals surface area contributed by atoms with Crippen molar-refractivity contribution in [3.8, 4) is 11.3 Å². The van der Waals surface area contributed by atoms with Gasteiger partial charge in [-0.2, -0.15) is 5.10 Å². The second-order valence-electron chi connectivity index (χ2n) is 6.36. The summed E-state index contributed by atoms with van der Waals surface area (Å²) in [6.07, 6.45) is 6.07. The molecule has 1 aliphatic heterocycles. The summed E-state index contributed by atoms with van der Waals surface area (Å²) in [6.45, 7) is 5.65. The maximum Gasteiger partial charge on any atom is 0.102 e. The number of fused-ring (bicyclic) bond motifs is 1. The van der Waals surface area contributed by atoms with E-state index in [9.17, 15) is 0 Å². The van der Waals surface area contributed by atoms with E-state index in [0.29, 0.717) is 6.04 Å². The lowest BCUT2D eigenvalue weighted by atomic mass is 10.1. The number of halogens is 1. The number of rotatable bonds is 3. The van der Waals surface area contributed by atoms with E-state index < -0.39 is 0 Å². The van der Waals surface area contributed by atoms with Crippen LogP contribution in [-0.4, -0.2) is 39.3 Å². The smallest absolute Gasteiger partial charge is 0.102 e. The first-order valence-electron chi connectivity index (χ1n) is 8.57. The van der Waals surface area contributed by atoms with Gasteiger partial charge in [-0.3, -0.25) is 9.67 Å². The van der Waals surface area contributed by atoms with Gasteiger partial charge in [-0.25, -0.2) is 0 Å². The van der Waals surface area contributed by atoms with Crippen molar-refractivity contribution in [3.63, 3.8) is 0 Å². The van der Waals surface area contributed by atoms with Crippen LogP contribution in [0.15, 0.2) is 42.7 Å². The number of likely N-dealkylation sites (tertiary alicyclic amines) is 1. The van der Waals surface area contributed by atoms with Crippen molar-refractivity contribution in [3.05, 3.63) is 47.7 Å². The molecule has 4 rings (SSSR count). The normalized spacial score (nSPS) is 16.8. The second kappa shape index (κ2) is 6.54. The highest BCUT2D eigenvalue weighted by atomic mass is 35.5. The molecule has 2 aromatic heterocycles. The maximum absolute atomic E-state index is 6.03. The number of hydrogen-bond donors (Lipinski definition) is 0. The zero-order valence-corrected chi connectivity index (χ0v) is 14.6. The Bertz CT molecular complexity index is 832. The van der Waals surface area contributed by atoms with Crippen LogP contribution >= 0.6 is 11.6 Å². The minimum absolute atomic E-state index is 0.457. The molecule has 0 amide bonds. The van der Waals surface area contributed by atoms with Gasteiger partial charge in [-0.05, 0) is 37.6 Å². The van der Waals surface area contributed by atoms with E-state index in [1.54, 1.807) is 0 Å². The molecule has 124 valence electrons. The van der Waals surface area contributed by atoms with Gasteiger partial charge in [0.15, 0.2) is 0 Å². The third kappa shape index (κ3) is 2.80. The van der Waals surface area contributed by atoms with Gasteiger partial charge < -0.3 is 4.90 Å². The summed E-state index contributed by atoms with van der Waals surface area (Å²) >= 11 is 6.03. The highest BCUT2D eigenvalue weighted by Gasteiger charge is 2.23. The average molecular weight is 341 g/mol.